The van der Waals surface area contributed by atoms with Gasteiger partial charge in [0.05, 0.1) is 4.92 Å². The molecule has 1 aromatic heterocycles. The Labute approximate surface area is 157 Å². The van der Waals surface area contributed by atoms with E-state index in [1.807, 2.05) is 11.8 Å². The van der Waals surface area contributed by atoms with Crippen molar-refractivity contribution in [1.29, 1.82) is 0 Å². The van der Waals surface area contributed by atoms with Crippen LogP contribution in [0.4, 0.5) is 11.5 Å². The molecule has 0 amide bonds. The molecule has 0 spiro atoms. The van der Waals surface area contributed by atoms with Gasteiger partial charge in [-0.25, -0.2) is 4.79 Å². The number of rotatable bonds is 9. The summed E-state index contributed by atoms with van der Waals surface area (Å²) in [5.41, 5.74) is 0.341. The SMILES string of the molecule is CCCN(CCNCc1ccc([N+](=O)[O-])cc1)c1cc(=O)n(C)c(=O)n1C. The smallest absolute Gasteiger partial charge is 0.332 e. The molecule has 0 aliphatic heterocycles. The van der Waals surface area contributed by atoms with Crippen molar-refractivity contribution in [2.45, 2.75) is 19.9 Å². The van der Waals surface area contributed by atoms with Gasteiger partial charge in [-0.05, 0) is 12.0 Å². The first-order chi connectivity index (χ1) is 12.8. The molecule has 0 bridgehead atoms. The van der Waals surface area contributed by atoms with Gasteiger partial charge in [-0.1, -0.05) is 19.1 Å². The maximum Gasteiger partial charge on any atom is 0.332 e. The molecule has 27 heavy (non-hydrogen) atoms. The lowest BCUT2D eigenvalue weighted by molar-refractivity contribution is -0.384. The highest BCUT2D eigenvalue weighted by molar-refractivity contribution is 5.38. The molecule has 0 fully saturated rings. The fourth-order valence-electron chi connectivity index (χ4n) is 2.82. The topological polar surface area (TPSA) is 102 Å². The summed E-state index contributed by atoms with van der Waals surface area (Å²) in [6.45, 7) is 4.60. The normalized spacial score (nSPS) is 10.8. The van der Waals surface area contributed by atoms with E-state index in [0.717, 1.165) is 23.1 Å². The van der Waals surface area contributed by atoms with Gasteiger partial charge in [-0.2, -0.15) is 0 Å². The minimum absolute atomic E-state index is 0.0689. The van der Waals surface area contributed by atoms with Crippen molar-refractivity contribution in [3.8, 4) is 0 Å². The lowest BCUT2D eigenvalue weighted by Gasteiger charge is -2.26. The third-order valence-corrected chi connectivity index (χ3v) is 4.35. The number of non-ortho nitro benzene ring substituents is 1. The second-order valence-corrected chi connectivity index (χ2v) is 6.33. The molecule has 0 saturated carbocycles. The van der Waals surface area contributed by atoms with Gasteiger partial charge in [-0.15, -0.1) is 0 Å². The molecule has 9 heteroatoms. The van der Waals surface area contributed by atoms with Gasteiger partial charge < -0.3 is 10.2 Å². The zero-order valence-electron chi connectivity index (χ0n) is 15.8. The molecule has 2 aromatic rings. The zero-order chi connectivity index (χ0) is 20.0. The van der Waals surface area contributed by atoms with Crippen LogP contribution in [0.2, 0.25) is 0 Å². The predicted molar refractivity (Wildman–Crippen MR) is 104 cm³/mol. The molecule has 2 rings (SSSR count). The predicted octanol–water partition coefficient (Wildman–Crippen LogP) is 0.998. The van der Waals surface area contributed by atoms with E-state index in [-0.39, 0.29) is 16.9 Å². The second kappa shape index (κ2) is 9.13. The number of nitro groups is 1. The Kier molecular flexibility index (Phi) is 6.89. The highest BCUT2D eigenvalue weighted by atomic mass is 16.6. The van der Waals surface area contributed by atoms with Crippen molar-refractivity contribution >= 4 is 11.5 Å². The first-order valence-corrected chi connectivity index (χ1v) is 8.81. The number of anilines is 1. The Morgan fingerprint density at radius 3 is 2.37 bits per heavy atom. The molecule has 9 nitrogen and oxygen atoms in total. The van der Waals surface area contributed by atoms with E-state index in [1.165, 1.54) is 29.8 Å². The van der Waals surface area contributed by atoms with Crippen LogP contribution in [0.5, 0.6) is 0 Å². The second-order valence-electron chi connectivity index (χ2n) is 6.33. The maximum atomic E-state index is 12.1. The highest BCUT2D eigenvalue weighted by Crippen LogP contribution is 2.12. The molecule has 0 atom stereocenters. The zero-order valence-corrected chi connectivity index (χ0v) is 15.8. The molecular weight excluding hydrogens is 350 g/mol. The summed E-state index contributed by atoms with van der Waals surface area (Å²) in [6, 6.07) is 7.89. The number of hydrogen-bond acceptors (Lipinski definition) is 6. The molecule has 1 N–H and O–H groups in total. The molecule has 1 heterocycles. The lowest BCUT2D eigenvalue weighted by Crippen LogP contribution is -2.42. The van der Waals surface area contributed by atoms with E-state index < -0.39 is 4.92 Å². The summed E-state index contributed by atoms with van der Waals surface area (Å²) in [7, 11) is 3.12. The molecule has 0 saturated heterocycles. The van der Waals surface area contributed by atoms with Crippen LogP contribution >= 0.6 is 0 Å². The van der Waals surface area contributed by atoms with E-state index in [2.05, 4.69) is 5.32 Å². The summed E-state index contributed by atoms with van der Waals surface area (Å²) in [4.78, 5) is 36.4. The summed E-state index contributed by atoms with van der Waals surface area (Å²) in [5.74, 6) is 0.599. The Balaban J connectivity index is 2.00. The first-order valence-electron chi connectivity index (χ1n) is 8.81. The maximum absolute atomic E-state index is 12.1. The van der Waals surface area contributed by atoms with Crippen LogP contribution in [0.3, 0.4) is 0 Å². The van der Waals surface area contributed by atoms with E-state index in [1.54, 1.807) is 19.2 Å². The summed E-state index contributed by atoms with van der Waals surface area (Å²) in [6.07, 6.45) is 0.881. The summed E-state index contributed by atoms with van der Waals surface area (Å²) < 4.78 is 2.56. The van der Waals surface area contributed by atoms with Crippen molar-refractivity contribution in [2.75, 3.05) is 24.5 Å². The average molecular weight is 375 g/mol. The Morgan fingerprint density at radius 2 is 1.78 bits per heavy atom. The van der Waals surface area contributed by atoms with Crippen LogP contribution in [0, 0.1) is 10.1 Å². The standard InChI is InChI=1S/C18H25N5O4/c1-4-10-22(16-12-17(24)21(3)18(25)20(16)2)11-9-19-13-14-5-7-15(8-6-14)23(26)27/h5-8,12,19H,4,9-11,13H2,1-3H3. The van der Waals surface area contributed by atoms with Crippen molar-refractivity contribution < 1.29 is 4.92 Å². The largest absolute Gasteiger partial charge is 0.356 e. The summed E-state index contributed by atoms with van der Waals surface area (Å²) >= 11 is 0. The molecule has 0 radical (unpaired) electrons. The van der Waals surface area contributed by atoms with E-state index >= 15 is 0 Å². The van der Waals surface area contributed by atoms with Crippen LogP contribution in [0.25, 0.3) is 0 Å². The van der Waals surface area contributed by atoms with Crippen molar-refractivity contribution in [3.63, 3.8) is 0 Å². The van der Waals surface area contributed by atoms with E-state index in [4.69, 9.17) is 0 Å². The first kappa shape index (κ1) is 20.4. The Morgan fingerprint density at radius 1 is 1.11 bits per heavy atom. The van der Waals surface area contributed by atoms with Gasteiger partial charge in [0.2, 0.25) is 0 Å². The molecular formula is C18H25N5O4. The van der Waals surface area contributed by atoms with Gasteiger partial charge in [0.1, 0.15) is 5.82 Å². The fraction of sp³-hybridized carbons (Fsp3) is 0.444. The van der Waals surface area contributed by atoms with Crippen LogP contribution in [-0.4, -0.2) is 33.7 Å². The molecule has 0 unspecified atom stereocenters. The number of hydrogen-bond donors (Lipinski definition) is 1. The number of nitrogens with zero attached hydrogens (tertiary/aromatic N) is 4. The Bertz CT molecular complexity index is 901. The number of benzene rings is 1. The number of nitrogens with one attached hydrogen (secondary N) is 1. The van der Waals surface area contributed by atoms with Gasteiger partial charge in [0.15, 0.2) is 0 Å². The minimum atomic E-state index is -0.422. The number of aromatic nitrogens is 2. The van der Waals surface area contributed by atoms with Gasteiger partial charge in [0, 0.05) is 58.5 Å². The van der Waals surface area contributed by atoms with Crippen LogP contribution < -0.4 is 21.5 Å². The van der Waals surface area contributed by atoms with E-state index in [0.29, 0.717) is 25.5 Å². The third kappa shape index (κ3) is 5.04. The summed E-state index contributed by atoms with van der Waals surface area (Å²) in [5, 5.41) is 14.0. The molecule has 0 aliphatic carbocycles. The van der Waals surface area contributed by atoms with E-state index in [9.17, 15) is 19.7 Å². The van der Waals surface area contributed by atoms with Gasteiger partial charge >= 0.3 is 5.69 Å². The molecule has 0 aliphatic rings. The van der Waals surface area contributed by atoms with Crippen molar-refractivity contribution in [3.05, 3.63) is 66.8 Å². The van der Waals surface area contributed by atoms with Crippen molar-refractivity contribution in [1.82, 2.24) is 14.5 Å². The van der Waals surface area contributed by atoms with Crippen LogP contribution in [0.1, 0.15) is 18.9 Å². The van der Waals surface area contributed by atoms with Crippen LogP contribution in [0.15, 0.2) is 39.9 Å². The number of nitro benzene ring substituents is 1. The Hall–Kier alpha value is -2.94. The minimum Gasteiger partial charge on any atom is -0.356 e. The van der Waals surface area contributed by atoms with Crippen molar-refractivity contribution in [2.24, 2.45) is 14.1 Å². The van der Waals surface area contributed by atoms with Gasteiger partial charge in [0.25, 0.3) is 11.2 Å². The fourth-order valence-corrected chi connectivity index (χ4v) is 2.82. The third-order valence-electron chi connectivity index (χ3n) is 4.35. The molecule has 1 aromatic carbocycles. The quantitative estimate of drug-likeness (QED) is 0.398. The molecule has 146 valence electrons. The monoisotopic (exact) mass is 375 g/mol. The van der Waals surface area contributed by atoms with Crippen LogP contribution in [-0.2, 0) is 20.6 Å². The lowest BCUT2D eigenvalue weighted by atomic mass is 10.2. The average Bonchev–Trinajstić information content (AvgIpc) is 2.66. The van der Waals surface area contributed by atoms with Gasteiger partial charge in [-0.3, -0.25) is 24.0 Å². The highest BCUT2D eigenvalue weighted by Gasteiger charge is 2.12.